The largest absolute Gasteiger partial charge is 0.505 e. The van der Waals surface area contributed by atoms with Crippen LogP contribution in [-0.2, 0) is 4.74 Å². The number of rotatable bonds is 1. The van der Waals surface area contributed by atoms with Gasteiger partial charge in [-0.1, -0.05) is 11.6 Å². The minimum Gasteiger partial charge on any atom is -0.505 e. The van der Waals surface area contributed by atoms with Crippen molar-refractivity contribution < 1.29 is 29.6 Å². The van der Waals surface area contributed by atoms with Crippen molar-refractivity contribution in [3.05, 3.63) is 28.0 Å². The number of ether oxygens (including phenoxy) is 1. The highest BCUT2D eigenvalue weighted by molar-refractivity contribution is 6.36. The number of phenolic OH excluding ortho intramolecular Hbond substituents is 3. The SMILES string of the molecule is COC1=CC(=O)c2c(O)c(O)c(Cl)c(O)c2C1=O. The minimum atomic E-state index is -0.858. The summed E-state index contributed by atoms with van der Waals surface area (Å²) in [7, 11) is 1.18. The Morgan fingerprint density at radius 2 is 1.67 bits per heavy atom. The molecule has 2 rings (SSSR count). The summed E-state index contributed by atoms with van der Waals surface area (Å²) in [6, 6.07) is 0. The number of ketones is 2. The molecule has 0 heterocycles. The second-order valence-corrected chi connectivity index (χ2v) is 3.89. The Kier molecular flexibility index (Phi) is 2.67. The lowest BCUT2D eigenvalue weighted by molar-refractivity contribution is 0.0911. The summed E-state index contributed by atoms with van der Waals surface area (Å²) in [6.07, 6.45) is 0.858. The van der Waals surface area contributed by atoms with E-state index in [1.165, 1.54) is 7.11 Å². The number of hydrogen-bond acceptors (Lipinski definition) is 6. The van der Waals surface area contributed by atoms with Gasteiger partial charge in [-0.05, 0) is 0 Å². The summed E-state index contributed by atoms with van der Waals surface area (Å²) in [5.41, 5.74) is -0.986. The molecule has 0 saturated heterocycles. The number of aromatic hydroxyl groups is 3. The predicted octanol–water partition coefficient (Wildman–Crippen LogP) is 1.37. The van der Waals surface area contributed by atoms with Gasteiger partial charge in [-0.25, -0.2) is 0 Å². The third-order valence-corrected chi connectivity index (χ3v) is 2.90. The topological polar surface area (TPSA) is 104 Å². The molecule has 0 spiro atoms. The number of phenols is 3. The van der Waals surface area contributed by atoms with E-state index in [0.29, 0.717) is 0 Å². The van der Waals surface area contributed by atoms with Gasteiger partial charge in [-0.15, -0.1) is 0 Å². The number of Topliss-reactive ketones (excluding diaryl/α,β-unsaturated/α-hetero) is 1. The molecule has 0 aromatic heterocycles. The number of halogens is 1. The molecule has 0 fully saturated rings. The molecule has 1 aliphatic rings. The van der Waals surface area contributed by atoms with E-state index < -0.39 is 45.0 Å². The van der Waals surface area contributed by atoms with Crippen LogP contribution in [0.1, 0.15) is 20.7 Å². The number of fused-ring (bicyclic) bond motifs is 1. The maximum Gasteiger partial charge on any atom is 0.232 e. The van der Waals surface area contributed by atoms with E-state index >= 15 is 0 Å². The fourth-order valence-electron chi connectivity index (χ4n) is 1.67. The Balaban J connectivity index is 2.86. The van der Waals surface area contributed by atoms with E-state index in [9.17, 15) is 24.9 Å². The van der Waals surface area contributed by atoms with E-state index in [-0.39, 0.29) is 5.76 Å². The van der Waals surface area contributed by atoms with Crippen molar-refractivity contribution in [2.24, 2.45) is 0 Å². The molecule has 1 aliphatic carbocycles. The van der Waals surface area contributed by atoms with Crippen molar-refractivity contribution >= 4 is 23.2 Å². The summed E-state index contributed by atoms with van der Waals surface area (Å²) in [4.78, 5) is 23.6. The van der Waals surface area contributed by atoms with Gasteiger partial charge in [0.1, 0.15) is 10.8 Å². The van der Waals surface area contributed by atoms with Gasteiger partial charge in [-0.2, -0.15) is 0 Å². The molecule has 6 nitrogen and oxygen atoms in total. The van der Waals surface area contributed by atoms with Gasteiger partial charge in [0, 0.05) is 6.08 Å². The van der Waals surface area contributed by atoms with Gasteiger partial charge in [0.05, 0.1) is 18.2 Å². The zero-order valence-corrected chi connectivity index (χ0v) is 9.78. The molecule has 1 aromatic rings. The molecule has 0 bridgehead atoms. The first-order valence-corrected chi connectivity index (χ1v) is 5.09. The van der Waals surface area contributed by atoms with Crippen LogP contribution in [0.5, 0.6) is 17.2 Å². The van der Waals surface area contributed by atoms with Gasteiger partial charge in [0.25, 0.3) is 0 Å². The first-order valence-electron chi connectivity index (χ1n) is 4.71. The van der Waals surface area contributed by atoms with Crippen LogP contribution >= 0.6 is 11.6 Å². The highest BCUT2D eigenvalue weighted by atomic mass is 35.5. The molecule has 3 N–H and O–H groups in total. The molecule has 0 radical (unpaired) electrons. The lowest BCUT2D eigenvalue weighted by Crippen LogP contribution is -2.18. The normalized spacial score (nSPS) is 14.2. The molecule has 1 aromatic carbocycles. The summed E-state index contributed by atoms with van der Waals surface area (Å²) in [6.45, 7) is 0. The lowest BCUT2D eigenvalue weighted by Gasteiger charge is -2.18. The van der Waals surface area contributed by atoms with Crippen LogP contribution in [0.3, 0.4) is 0 Å². The Hall–Kier alpha value is -2.21. The fraction of sp³-hybridized carbons (Fsp3) is 0.0909. The summed E-state index contributed by atoms with van der Waals surface area (Å²) >= 11 is 5.54. The highest BCUT2D eigenvalue weighted by Crippen LogP contribution is 2.47. The molecule has 0 atom stereocenters. The molecule has 18 heavy (non-hydrogen) atoms. The van der Waals surface area contributed by atoms with Crippen molar-refractivity contribution in [3.63, 3.8) is 0 Å². The maximum absolute atomic E-state index is 11.9. The molecule has 7 heteroatoms. The smallest absolute Gasteiger partial charge is 0.232 e. The fourth-order valence-corrected chi connectivity index (χ4v) is 1.86. The quantitative estimate of drug-likeness (QED) is 0.526. The van der Waals surface area contributed by atoms with E-state index in [2.05, 4.69) is 4.74 Å². The Morgan fingerprint density at radius 1 is 1.06 bits per heavy atom. The Bertz CT molecular complexity index is 617. The third kappa shape index (κ3) is 1.42. The highest BCUT2D eigenvalue weighted by Gasteiger charge is 2.35. The number of allylic oxidation sites excluding steroid dienone is 2. The van der Waals surface area contributed by atoms with Crippen LogP contribution in [0.4, 0.5) is 0 Å². The van der Waals surface area contributed by atoms with Gasteiger partial charge >= 0.3 is 0 Å². The predicted molar refractivity (Wildman–Crippen MR) is 60.2 cm³/mol. The number of hydrogen-bond donors (Lipinski definition) is 3. The molecular weight excluding hydrogens is 264 g/mol. The van der Waals surface area contributed by atoms with Crippen LogP contribution in [0.2, 0.25) is 5.02 Å². The maximum atomic E-state index is 11.9. The van der Waals surface area contributed by atoms with Gasteiger partial charge < -0.3 is 20.1 Å². The molecule has 94 valence electrons. The zero-order chi connectivity index (χ0) is 13.6. The Morgan fingerprint density at radius 3 is 2.22 bits per heavy atom. The van der Waals surface area contributed by atoms with E-state index in [0.717, 1.165) is 6.08 Å². The van der Waals surface area contributed by atoms with E-state index in [1.54, 1.807) is 0 Å². The number of carbonyl (C=O) groups is 2. The first kappa shape index (κ1) is 12.3. The second kappa shape index (κ2) is 3.92. The molecule has 0 amide bonds. The van der Waals surface area contributed by atoms with Gasteiger partial charge in [-0.3, -0.25) is 9.59 Å². The van der Waals surface area contributed by atoms with E-state index in [1.807, 2.05) is 0 Å². The van der Waals surface area contributed by atoms with Gasteiger partial charge in [0.2, 0.25) is 5.78 Å². The molecule has 0 aliphatic heterocycles. The van der Waals surface area contributed by atoms with Crippen LogP contribution in [0, 0.1) is 0 Å². The van der Waals surface area contributed by atoms with Crippen LogP contribution < -0.4 is 0 Å². The third-order valence-electron chi connectivity index (χ3n) is 2.54. The average Bonchev–Trinajstić information content (AvgIpc) is 2.35. The van der Waals surface area contributed by atoms with Crippen LogP contribution in [-0.4, -0.2) is 34.0 Å². The average molecular weight is 271 g/mol. The summed E-state index contributed by atoms with van der Waals surface area (Å²) in [5, 5.41) is 28.1. The summed E-state index contributed by atoms with van der Waals surface area (Å²) in [5.74, 6) is -4.35. The molecule has 0 saturated carbocycles. The van der Waals surface area contributed by atoms with Gasteiger partial charge in [0.15, 0.2) is 23.0 Å². The van der Waals surface area contributed by atoms with Crippen molar-refractivity contribution in [3.8, 4) is 17.2 Å². The number of methoxy groups -OCH3 is 1. The lowest BCUT2D eigenvalue weighted by atomic mass is 9.91. The van der Waals surface area contributed by atoms with Crippen LogP contribution in [0.25, 0.3) is 0 Å². The minimum absolute atomic E-state index is 0.288. The zero-order valence-electron chi connectivity index (χ0n) is 9.02. The van der Waals surface area contributed by atoms with Crippen molar-refractivity contribution in [1.82, 2.24) is 0 Å². The molecular formula is C11H7ClO6. The summed E-state index contributed by atoms with van der Waals surface area (Å²) < 4.78 is 4.69. The first-order chi connectivity index (χ1) is 8.40. The second-order valence-electron chi connectivity index (χ2n) is 3.52. The van der Waals surface area contributed by atoms with Crippen LogP contribution in [0.15, 0.2) is 11.8 Å². The van der Waals surface area contributed by atoms with Crippen molar-refractivity contribution in [2.75, 3.05) is 7.11 Å². The van der Waals surface area contributed by atoms with Crippen molar-refractivity contribution in [2.45, 2.75) is 0 Å². The van der Waals surface area contributed by atoms with E-state index in [4.69, 9.17) is 11.6 Å². The standard InChI is InChI=1S/C11H7ClO6/c1-18-4-2-3(13)5-6(8(4)14)9(15)7(12)11(17)10(5)16/h2,15-17H,1H3. The van der Waals surface area contributed by atoms with Crippen molar-refractivity contribution in [1.29, 1.82) is 0 Å². The number of carbonyl (C=O) groups excluding carboxylic acids is 2. The monoisotopic (exact) mass is 270 g/mol. The number of benzene rings is 1. The molecule has 0 unspecified atom stereocenters. The Labute approximate surface area is 106 Å².